The van der Waals surface area contributed by atoms with Crippen LogP contribution in [0.2, 0.25) is 0 Å². The Morgan fingerprint density at radius 3 is 2.40 bits per heavy atom. The molecule has 6 heteroatoms. The quantitative estimate of drug-likeness (QED) is 0.307. The summed E-state index contributed by atoms with van der Waals surface area (Å²) in [6.07, 6.45) is 0. The molecule has 0 unspecified atom stereocenters. The van der Waals surface area contributed by atoms with Crippen LogP contribution in [0, 0.1) is 6.92 Å². The molecule has 6 nitrogen and oxygen atoms in total. The van der Waals surface area contributed by atoms with E-state index in [0.717, 1.165) is 34.0 Å². The molecule has 0 spiro atoms. The third kappa shape index (κ3) is 4.71. The molecule has 0 radical (unpaired) electrons. The van der Waals surface area contributed by atoms with Crippen molar-refractivity contribution in [1.82, 2.24) is 4.57 Å². The third-order valence-corrected chi connectivity index (χ3v) is 4.73. The summed E-state index contributed by atoms with van der Waals surface area (Å²) < 4.78 is 12.3. The summed E-state index contributed by atoms with van der Waals surface area (Å²) >= 11 is 0. The minimum absolute atomic E-state index is 0.213. The Labute approximate surface area is 176 Å². The summed E-state index contributed by atoms with van der Waals surface area (Å²) in [5.74, 6) is 0.366. The van der Waals surface area contributed by atoms with Crippen molar-refractivity contribution >= 4 is 11.7 Å². The monoisotopic (exact) mass is 406 g/mol. The van der Waals surface area contributed by atoms with Crippen molar-refractivity contribution in [2.45, 2.75) is 20.8 Å². The van der Waals surface area contributed by atoms with Gasteiger partial charge in [0, 0.05) is 16.9 Å². The van der Waals surface area contributed by atoms with Gasteiger partial charge in [-0.05, 0) is 68.8 Å². The number of carbonyl (C=O) groups is 1. The third-order valence-electron chi connectivity index (χ3n) is 4.73. The number of methoxy groups -OCH3 is 1. The SMILES string of the molecule is CCOC(=O)CON=C(C)c1cc(-c2ccc(OC)cc2)n(-c2ccccc2)c1C. The fourth-order valence-corrected chi connectivity index (χ4v) is 3.29. The summed E-state index contributed by atoms with van der Waals surface area (Å²) in [6, 6.07) is 20.2. The Morgan fingerprint density at radius 2 is 1.77 bits per heavy atom. The molecular weight excluding hydrogens is 380 g/mol. The van der Waals surface area contributed by atoms with E-state index in [1.807, 2.05) is 56.3 Å². The average Bonchev–Trinajstić information content (AvgIpc) is 3.11. The Hall–Kier alpha value is -3.54. The van der Waals surface area contributed by atoms with Crippen LogP contribution in [0.4, 0.5) is 0 Å². The van der Waals surface area contributed by atoms with Crippen molar-refractivity contribution in [3.8, 4) is 22.7 Å². The number of esters is 1. The summed E-state index contributed by atoms with van der Waals surface area (Å²) in [5.41, 5.74) is 5.76. The summed E-state index contributed by atoms with van der Waals surface area (Å²) in [4.78, 5) is 16.7. The van der Waals surface area contributed by atoms with Crippen LogP contribution in [-0.2, 0) is 14.4 Å². The van der Waals surface area contributed by atoms with Crippen LogP contribution in [0.5, 0.6) is 5.75 Å². The Balaban J connectivity index is 2.00. The lowest BCUT2D eigenvalue weighted by Crippen LogP contribution is -2.11. The Bertz CT molecular complexity index is 1020. The van der Waals surface area contributed by atoms with Crippen molar-refractivity contribution in [3.63, 3.8) is 0 Å². The molecule has 3 aromatic rings. The summed E-state index contributed by atoms with van der Waals surface area (Å²) in [7, 11) is 1.65. The predicted molar refractivity (Wildman–Crippen MR) is 117 cm³/mol. The highest BCUT2D eigenvalue weighted by molar-refractivity contribution is 6.01. The van der Waals surface area contributed by atoms with Crippen molar-refractivity contribution in [3.05, 3.63) is 71.9 Å². The molecular formula is C24H26N2O4. The van der Waals surface area contributed by atoms with E-state index < -0.39 is 5.97 Å². The lowest BCUT2D eigenvalue weighted by atomic mass is 10.1. The molecule has 30 heavy (non-hydrogen) atoms. The molecule has 0 fully saturated rings. The number of ether oxygens (including phenoxy) is 2. The molecule has 0 aliphatic heterocycles. The highest BCUT2D eigenvalue weighted by atomic mass is 16.7. The number of hydrogen-bond acceptors (Lipinski definition) is 5. The van der Waals surface area contributed by atoms with Gasteiger partial charge in [-0.3, -0.25) is 0 Å². The molecule has 0 atom stereocenters. The van der Waals surface area contributed by atoms with E-state index in [2.05, 4.69) is 27.9 Å². The fourth-order valence-electron chi connectivity index (χ4n) is 3.29. The van der Waals surface area contributed by atoms with Gasteiger partial charge in [0.2, 0.25) is 6.61 Å². The maximum atomic E-state index is 11.5. The number of hydrogen-bond donors (Lipinski definition) is 0. The molecule has 2 aromatic carbocycles. The van der Waals surface area contributed by atoms with E-state index in [1.165, 1.54) is 0 Å². The van der Waals surface area contributed by atoms with Gasteiger partial charge in [-0.2, -0.15) is 0 Å². The van der Waals surface area contributed by atoms with Gasteiger partial charge in [0.15, 0.2) is 0 Å². The second kappa shape index (κ2) is 9.78. The topological polar surface area (TPSA) is 62.1 Å². The number of rotatable bonds is 8. The van der Waals surface area contributed by atoms with Crippen LogP contribution >= 0.6 is 0 Å². The molecule has 1 aromatic heterocycles. The van der Waals surface area contributed by atoms with Crippen LogP contribution in [0.1, 0.15) is 25.1 Å². The first-order valence-electron chi connectivity index (χ1n) is 9.80. The van der Waals surface area contributed by atoms with Gasteiger partial charge in [0.1, 0.15) is 5.75 Å². The molecule has 3 rings (SSSR count). The number of aromatic nitrogens is 1. The van der Waals surface area contributed by atoms with Crippen molar-refractivity contribution < 1.29 is 19.1 Å². The van der Waals surface area contributed by atoms with Crippen LogP contribution < -0.4 is 4.74 Å². The lowest BCUT2D eigenvalue weighted by molar-refractivity contribution is -0.148. The van der Waals surface area contributed by atoms with E-state index in [0.29, 0.717) is 12.3 Å². The van der Waals surface area contributed by atoms with E-state index in [9.17, 15) is 4.79 Å². The maximum Gasteiger partial charge on any atom is 0.347 e. The number of carbonyl (C=O) groups excluding carboxylic acids is 1. The molecule has 0 aliphatic carbocycles. The molecule has 0 amide bonds. The number of nitrogens with zero attached hydrogens (tertiary/aromatic N) is 2. The molecule has 0 saturated carbocycles. The molecule has 0 aliphatic rings. The van der Waals surface area contributed by atoms with Gasteiger partial charge in [-0.15, -0.1) is 0 Å². The summed E-state index contributed by atoms with van der Waals surface area (Å²) in [5, 5.41) is 4.13. The van der Waals surface area contributed by atoms with Gasteiger partial charge in [0.05, 0.1) is 25.1 Å². The van der Waals surface area contributed by atoms with Crippen LogP contribution in [0.15, 0.2) is 65.8 Å². The molecule has 0 N–H and O–H groups in total. The average molecular weight is 406 g/mol. The predicted octanol–water partition coefficient (Wildman–Crippen LogP) is 4.77. The lowest BCUT2D eigenvalue weighted by Gasteiger charge is -2.12. The number of para-hydroxylation sites is 1. The smallest absolute Gasteiger partial charge is 0.347 e. The standard InChI is InChI=1S/C24H26N2O4/c1-5-29-24(27)16-30-25-17(2)22-15-23(19-11-13-21(28-4)14-12-19)26(18(22)3)20-9-7-6-8-10-20/h6-15H,5,16H2,1-4H3. The van der Waals surface area contributed by atoms with Gasteiger partial charge in [-0.1, -0.05) is 23.4 Å². The van der Waals surface area contributed by atoms with Crippen molar-refractivity contribution in [2.24, 2.45) is 5.16 Å². The van der Waals surface area contributed by atoms with Crippen molar-refractivity contribution in [1.29, 1.82) is 0 Å². The van der Waals surface area contributed by atoms with E-state index in [-0.39, 0.29) is 6.61 Å². The first-order chi connectivity index (χ1) is 14.5. The summed E-state index contributed by atoms with van der Waals surface area (Å²) in [6.45, 7) is 5.76. The van der Waals surface area contributed by atoms with Crippen LogP contribution in [-0.4, -0.2) is 36.6 Å². The first kappa shape index (κ1) is 21.2. The van der Waals surface area contributed by atoms with Crippen molar-refractivity contribution in [2.75, 3.05) is 20.3 Å². The maximum absolute atomic E-state index is 11.5. The zero-order valence-corrected chi connectivity index (χ0v) is 17.7. The van der Waals surface area contributed by atoms with Crippen LogP contribution in [0.3, 0.4) is 0 Å². The van der Waals surface area contributed by atoms with Gasteiger partial charge in [-0.25, -0.2) is 4.79 Å². The zero-order valence-electron chi connectivity index (χ0n) is 17.7. The first-order valence-corrected chi connectivity index (χ1v) is 9.80. The second-order valence-electron chi connectivity index (χ2n) is 6.68. The largest absolute Gasteiger partial charge is 0.497 e. The Kier molecular flexibility index (Phi) is 6.91. The molecule has 0 saturated heterocycles. The van der Waals surface area contributed by atoms with E-state index in [1.54, 1.807) is 14.0 Å². The number of oxime groups is 1. The minimum atomic E-state index is -0.438. The molecule has 156 valence electrons. The zero-order chi connectivity index (χ0) is 21.5. The highest BCUT2D eigenvalue weighted by Gasteiger charge is 2.17. The highest BCUT2D eigenvalue weighted by Crippen LogP contribution is 2.31. The normalized spacial score (nSPS) is 11.3. The minimum Gasteiger partial charge on any atom is -0.497 e. The van der Waals surface area contributed by atoms with E-state index in [4.69, 9.17) is 14.3 Å². The molecule has 1 heterocycles. The molecule has 0 bridgehead atoms. The second-order valence-corrected chi connectivity index (χ2v) is 6.68. The van der Waals surface area contributed by atoms with Gasteiger partial charge >= 0.3 is 5.97 Å². The van der Waals surface area contributed by atoms with Crippen LogP contribution in [0.25, 0.3) is 16.9 Å². The Morgan fingerprint density at radius 1 is 1.07 bits per heavy atom. The number of benzene rings is 2. The van der Waals surface area contributed by atoms with Gasteiger partial charge in [0.25, 0.3) is 0 Å². The van der Waals surface area contributed by atoms with E-state index >= 15 is 0 Å². The van der Waals surface area contributed by atoms with Gasteiger partial charge < -0.3 is 18.9 Å². The fraction of sp³-hybridized carbons (Fsp3) is 0.250.